The van der Waals surface area contributed by atoms with Gasteiger partial charge in [-0.05, 0) is 50.4 Å². The number of rotatable bonds is 8. The lowest BCUT2D eigenvalue weighted by Crippen LogP contribution is -2.65. The summed E-state index contributed by atoms with van der Waals surface area (Å²) in [5.74, 6) is 1.44. The molecule has 0 aromatic rings. The summed E-state index contributed by atoms with van der Waals surface area (Å²) in [6.07, 6.45) is 8.86. The Kier molecular flexibility index (Phi) is 5.16. The summed E-state index contributed by atoms with van der Waals surface area (Å²) < 4.78 is 19.0. The zero-order valence-electron chi connectivity index (χ0n) is 15.8. The molecule has 5 atom stereocenters. The molecule has 4 fully saturated rings. The van der Waals surface area contributed by atoms with Crippen LogP contribution in [0.15, 0.2) is 0 Å². The minimum Gasteiger partial charge on any atom is -0.404 e. The van der Waals surface area contributed by atoms with Crippen molar-refractivity contribution in [2.75, 3.05) is 6.61 Å². The first-order valence-electron chi connectivity index (χ1n) is 9.88. The van der Waals surface area contributed by atoms with Crippen LogP contribution in [-0.2, 0) is 14.0 Å². The highest BCUT2D eigenvalue weighted by Crippen LogP contribution is 2.65. The van der Waals surface area contributed by atoms with Gasteiger partial charge in [0.25, 0.3) is 0 Å². The summed E-state index contributed by atoms with van der Waals surface area (Å²) in [6, 6.07) is 0.0968. The molecule has 0 radical (unpaired) electrons. The van der Waals surface area contributed by atoms with Crippen LogP contribution in [0, 0.1) is 17.3 Å². The molecule has 0 amide bonds. The van der Waals surface area contributed by atoms with E-state index in [1.807, 2.05) is 0 Å². The summed E-state index contributed by atoms with van der Waals surface area (Å²) in [5, 5.41) is 0. The fraction of sp³-hybridized carbons (Fsp3) is 1.00. The van der Waals surface area contributed by atoms with Gasteiger partial charge in [0.1, 0.15) is 0 Å². The third-order valence-electron chi connectivity index (χ3n) is 7.00. The fourth-order valence-electron chi connectivity index (χ4n) is 5.34. The molecule has 1 heterocycles. The molecule has 2 bridgehead atoms. The summed E-state index contributed by atoms with van der Waals surface area (Å²) >= 11 is 0. The first-order chi connectivity index (χ1) is 10.9. The summed E-state index contributed by atoms with van der Waals surface area (Å²) in [7, 11) is -0.165. The van der Waals surface area contributed by atoms with Gasteiger partial charge in [-0.1, -0.05) is 46.5 Å². The van der Waals surface area contributed by atoms with Gasteiger partial charge in [0.2, 0.25) is 0 Å². The SMILES string of the molecule is CCCCCC[C@H](OCC)B1OC2C[C@@H]3C[C@@H](C3(C)C)[C@]2(C)O1. The third-order valence-corrected chi connectivity index (χ3v) is 7.00. The van der Waals surface area contributed by atoms with E-state index in [0.29, 0.717) is 11.3 Å². The lowest BCUT2D eigenvalue weighted by Gasteiger charge is -2.64. The molecule has 0 aromatic heterocycles. The highest BCUT2D eigenvalue weighted by atomic mass is 16.7. The van der Waals surface area contributed by atoms with Crippen molar-refractivity contribution in [1.82, 2.24) is 0 Å². The summed E-state index contributed by atoms with van der Waals surface area (Å²) in [6.45, 7) is 12.2. The Morgan fingerprint density at radius 2 is 1.91 bits per heavy atom. The Hall–Kier alpha value is -0.0551. The van der Waals surface area contributed by atoms with Crippen LogP contribution in [0.2, 0.25) is 0 Å². The molecule has 132 valence electrons. The van der Waals surface area contributed by atoms with Crippen molar-refractivity contribution >= 4 is 7.12 Å². The Morgan fingerprint density at radius 1 is 1.13 bits per heavy atom. The monoisotopic (exact) mass is 322 g/mol. The van der Waals surface area contributed by atoms with Crippen molar-refractivity contribution in [1.29, 1.82) is 0 Å². The van der Waals surface area contributed by atoms with Crippen LogP contribution in [-0.4, -0.2) is 31.4 Å². The van der Waals surface area contributed by atoms with Crippen molar-refractivity contribution < 1.29 is 14.0 Å². The van der Waals surface area contributed by atoms with Crippen LogP contribution in [0.1, 0.15) is 79.6 Å². The lowest BCUT2D eigenvalue weighted by molar-refractivity contribution is -0.199. The maximum Gasteiger partial charge on any atom is 0.488 e. The Labute approximate surface area is 143 Å². The molecule has 3 aliphatic carbocycles. The van der Waals surface area contributed by atoms with Gasteiger partial charge in [-0.3, -0.25) is 0 Å². The predicted molar refractivity (Wildman–Crippen MR) is 94.3 cm³/mol. The number of unbranched alkanes of at least 4 members (excludes halogenated alkanes) is 3. The van der Waals surface area contributed by atoms with E-state index in [-0.39, 0.29) is 24.8 Å². The van der Waals surface area contributed by atoms with Gasteiger partial charge in [-0.2, -0.15) is 0 Å². The molecule has 0 aromatic carbocycles. The van der Waals surface area contributed by atoms with Gasteiger partial charge in [0, 0.05) is 6.61 Å². The molecule has 4 heteroatoms. The highest BCUT2D eigenvalue weighted by molar-refractivity contribution is 6.47. The van der Waals surface area contributed by atoms with Crippen LogP contribution in [0.5, 0.6) is 0 Å². The minimum atomic E-state index is -0.165. The predicted octanol–water partition coefficient (Wildman–Crippen LogP) is 4.63. The zero-order chi connectivity index (χ0) is 16.7. The van der Waals surface area contributed by atoms with Crippen LogP contribution < -0.4 is 0 Å². The van der Waals surface area contributed by atoms with Gasteiger partial charge < -0.3 is 14.0 Å². The molecule has 3 saturated carbocycles. The number of ether oxygens (including phenoxy) is 1. The molecule has 0 spiro atoms. The van der Waals surface area contributed by atoms with E-state index < -0.39 is 0 Å². The fourth-order valence-corrected chi connectivity index (χ4v) is 5.34. The van der Waals surface area contributed by atoms with Gasteiger partial charge in [-0.15, -0.1) is 0 Å². The lowest BCUT2D eigenvalue weighted by atomic mass is 9.43. The van der Waals surface area contributed by atoms with E-state index in [0.717, 1.165) is 25.4 Å². The van der Waals surface area contributed by atoms with Crippen LogP contribution in [0.3, 0.4) is 0 Å². The first-order valence-corrected chi connectivity index (χ1v) is 9.88. The van der Waals surface area contributed by atoms with Crippen molar-refractivity contribution in [3.63, 3.8) is 0 Å². The smallest absolute Gasteiger partial charge is 0.404 e. The van der Waals surface area contributed by atoms with Crippen molar-refractivity contribution in [3.05, 3.63) is 0 Å². The molecule has 4 aliphatic rings. The van der Waals surface area contributed by atoms with Crippen LogP contribution >= 0.6 is 0 Å². The molecular weight excluding hydrogens is 287 g/mol. The number of hydrogen-bond donors (Lipinski definition) is 0. The quantitative estimate of drug-likeness (QED) is 0.482. The van der Waals surface area contributed by atoms with E-state index in [4.69, 9.17) is 14.0 Å². The molecule has 4 rings (SSSR count). The highest BCUT2D eigenvalue weighted by Gasteiger charge is 2.68. The molecule has 23 heavy (non-hydrogen) atoms. The molecule has 0 N–H and O–H groups in total. The van der Waals surface area contributed by atoms with E-state index in [2.05, 4.69) is 34.6 Å². The maximum atomic E-state index is 6.56. The Morgan fingerprint density at radius 3 is 2.57 bits per heavy atom. The standard InChI is InChI=1S/C19H35BO3/c1-6-8-9-10-11-17(21-7-2)20-22-16-13-14-12-15(18(14,3)4)19(16,5)23-20/h14-17H,6-13H2,1-5H3/t14-,15-,16?,17-,19-/m0/s1. The zero-order valence-corrected chi connectivity index (χ0v) is 15.8. The van der Waals surface area contributed by atoms with Crippen LogP contribution in [0.25, 0.3) is 0 Å². The molecule has 1 unspecified atom stereocenters. The van der Waals surface area contributed by atoms with Gasteiger partial charge >= 0.3 is 7.12 Å². The maximum absolute atomic E-state index is 6.56. The minimum absolute atomic E-state index is 0.0968. The molecule has 1 aliphatic heterocycles. The second kappa shape index (κ2) is 6.69. The van der Waals surface area contributed by atoms with Gasteiger partial charge in [0.15, 0.2) is 0 Å². The van der Waals surface area contributed by atoms with E-state index in [9.17, 15) is 0 Å². The Balaban J connectivity index is 1.62. The second-order valence-electron chi connectivity index (χ2n) is 8.68. The normalized spacial score (nSPS) is 39.0. The summed E-state index contributed by atoms with van der Waals surface area (Å²) in [4.78, 5) is 0. The Bertz CT molecular complexity index is 413. The van der Waals surface area contributed by atoms with Crippen molar-refractivity contribution in [2.24, 2.45) is 17.3 Å². The summed E-state index contributed by atoms with van der Waals surface area (Å²) in [5.41, 5.74) is 0.299. The largest absolute Gasteiger partial charge is 0.488 e. The third kappa shape index (κ3) is 3.00. The van der Waals surface area contributed by atoms with E-state index >= 15 is 0 Å². The molecule has 3 nitrogen and oxygen atoms in total. The van der Waals surface area contributed by atoms with Gasteiger partial charge in [0.05, 0.1) is 17.7 Å². The first kappa shape index (κ1) is 17.8. The molecule has 1 saturated heterocycles. The van der Waals surface area contributed by atoms with E-state index in [1.165, 1.54) is 32.1 Å². The average molecular weight is 322 g/mol. The topological polar surface area (TPSA) is 27.7 Å². The second-order valence-corrected chi connectivity index (χ2v) is 8.68. The van der Waals surface area contributed by atoms with E-state index in [1.54, 1.807) is 0 Å². The van der Waals surface area contributed by atoms with Crippen molar-refractivity contribution in [2.45, 2.75) is 97.3 Å². The molecular formula is C19H35BO3. The average Bonchev–Trinajstić information content (AvgIpc) is 2.86. The van der Waals surface area contributed by atoms with Crippen molar-refractivity contribution in [3.8, 4) is 0 Å². The van der Waals surface area contributed by atoms with Gasteiger partial charge in [-0.25, -0.2) is 0 Å². The number of hydrogen-bond acceptors (Lipinski definition) is 3. The van der Waals surface area contributed by atoms with Crippen LogP contribution in [0.4, 0.5) is 0 Å².